The number of nitrogens with zero attached hydrogens (tertiary/aromatic N) is 2. The minimum absolute atomic E-state index is 0.151. The summed E-state index contributed by atoms with van der Waals surface area (Å²) in [6.45, 7) is 8.86. The first kappa shape index (κ1) is 11.5. The highest BCUT2D eigenvalue weighted by Crippen LogP contribution is 2.29. The number of aliphatic imine (C=N–C) groups is 2. The molecule has 2 rings (SSSR count). The van der Waals surface area contributed by atoms with Crippen molar-refractivity contribution in [2.75, 3.05) is 0 Å². The predicted octanol–water partition coefficient (Wildman–Crippen LogP) is 0.404. The lowest BCUT2D eigenvalue weighted by Crippen LogP contribution is -3.05. The number of quaternary nitrogens is 1. The lowest BCUT2D eigenvalue weighted by atomic mass is 9.74. The van der Waals surface area contributed by atoms with E-state index in [1.54, 1.807) is 0 Å². The molecular weight excluding hydrogens is 202 g/mol. The molecule has 0 spiro atoms. The normalized spacial score (nSPS) is 28.2. The van der Waals surface area contributed by atoms with E-state index in [4.69, 9.17) is 0 Å². The fourth-order valence-corrected chi connectivity index (χ4v) is 3.21. The van der Waals surface area contributed by atoms with Gasteiger partial charge in [0.1, 0.15) is 5.91 Å². The average molecular weight is 221 g/mol. The molecule has 2 heterocycles. The van der Waals surface area contributed by atoms with Crippen LogP contribution in [0.1, 0.15) is 40.5 Å². The maximum Gasteiger partial charge on any atom is 0.132 e. The van der Waals surface area contributed by atoms with E-state index in [9.17, 15) is 4.79 Å². The SMILES string of the molecule is CC1(C)CC(C2=N[C-]=NC2=O)CC(C)(C)[NH2+]1. The van der Waals surface area contributed by atoms with Crippen LogP contribution < -0.4 is 5.32 Å². The highest BCUT2D eigenvalue weighted by molar-refractivity contribution is 6.44. The Kier molecular flexibility index (Phi) is 2.49. The predicted molar refractivity (Wildman–Crippen MR) is 62.7 cm³/mol. The van der Waals surface area contributed by atoms with Crippen molar-refractivity contribution in [3.05, 3.63) is 0 Å². The lowest BCUT2D eigenvalue weighted by Gasteiger charge is -2.44. The van der Waals surface area contributed by atoms with E-state index in [1.165, 1.54) is 0 Å². The maximum absolute atomic E-state index is 11.5. The number of rotatable bonds is 1. The van der Waals surface area contributed by atoms with Crippen molar-refractivity contribution < 1.29 is 10.1 Å². The zero-order valence-electron chi connectivity index (χ0n) is 10.4. The van der Waals surface area contributed by atoms with Crippen LogP contribution in [-0.2, 0) is 4.79 Å². The number of carbonyl (C=O) groups is 1. The number of amides is 1. The maximum atomic E-state index is 11.5. The summed E-state index contributed by atoms with van der Waals surface area (Å²) in [4.78, 5) is 19.1. The Labute approximate surface area is 96.2 Å². The number of piperidine rings is 1. The van der Waals surface area contributed by atoms with Crippen LogP contribution in [0.5, 0.6) is 0 Å². The van der Waals surface area contributed by atoms with Gasteiger partial charge in [0.25, 0.3) is 0 Å². The number of carbonyl (C=O) groups excluding carboxylic acids is 1. The van der Waals surface area contributed by atoms with Gasteiger partial charge in [-0.3, -0.25) is 0 Å². The van der Waals surface area contributed by atoms with Crippen LogP contribution in [0.4, 0.5) is 0 Å². The second-order valence-corrected chi connectivity index (χ2v) is 6.24. The molecule has 88 valence electrons. The molecule has 1 amide bonds. The average Bonchev–Trinajstić information content (AvgIpc) is 2.45. The van der Waals surface area contributed by atoms with Gasteiger partial charge in [-0.05, 0) is 52.2 Å². The van der Waals surface area contributed by atoms with E-state index < -0.39 is 0 Å². The van der Waals surface area contributed by atoms with Crippen LogP contribution in [0, 0.1) is 5.92 Å². The summed E-state index contributed by atoms with van der Waals surface area (Å²) in [5, 5.41) is 2.39. The molecule has 2 aliphatic heterocycles. The van der Waals surface area contributed by atoms with Gasteiger partial charge in [-0.1, -0.05) is 0 Å². The topological polar surface area (TPSA) is 58.4 Å². The largest absolute Gasteiger partial charge is 0.377 e. The fourth-order valence-electron chi connectivity index (χ4n) is 3.21. The van der Waals surface area contributed by atoms with Crippen molar-refractivity contribution in [2.24, 2.45) is 15.9 Å². The molecule has 2 N–H and O–H groups in total. The van der Waals surface area contributed by atoms with Gasteiger partial charge < -0.3 is 20.1 Å². The van der Waals surface area contributed by atoms with Gasteiger partial charge in [-0.25, -0.2) is 0 Å². The molecule has 4 heteroatoms. The van der Waals surface area contributed by atoms with Crippen molar-refractivity contribution in [3.8, 4) is 0 Å². The summed E-state index contributed by atoms with van der Waals surface area (Å²) in [7, 11) is 0. The molecule has 4 nitrogen and oxygen atoms in total. The molecule has 0 radical (unpaired) electrons. The van der Waals surface area contributed by atoms with Crippen LogP contribution >= 0.6 is 0 Å². The Morgan fingerprint density at radius 2 is 1.81 bits per heavy atom. The first-order chi connectivity index (χ1) is 7.29. The van der Waals surface area contributed by atoms with E-state index in [2.05, 4.69) is 49.3 Å². The Balaban J connectivity index is 2.20. The zero-order chi connectivity index (χ0) is 12.0. The smallest absolute Gasteiger partial charge is 0.132 e. The Morgan fingerprint density at radius 3 is 2.25 bits per heavy atom. The fraction of sp³-hybridized carbons (Fsp3) is 0.750. The molecule has 0 atom stereocenters. The minimum atomic E-state index is -0.196. The van der Waals surface area contributed by atoms with Crippen LogP contribution in [0.25, 0.3) is 0 Å². The van der Waals surface area contributed by atoms with Gasteiger partial charge in [0.2, 0.25) is 0 Å². The Bertz CT molecular complexity index is 364. The molecule has 1 saturated heterocycles. The third-order valence-electron chi connectivity index (χ3n) is 3.25. The second kappa shape index (κ2) is 3.48. The van der Waals surface area contributed by atoms with Gasteiger partial charge in [-0.2, -0.15) is 0 Å². The van der Waals surface area contributed by atoms with E-state index in [0.717, 1.165) is 12.8 Å². The molecule has 0 aliphatic carbocycles. The summed E-state index contributed by atoms with van der Waals surface area (Å²) in [6.07, 6.45) is 4.37. The number of hydrogen-bond acceptors (Lipinski definition) is 2. The molecule has 0 saturated carbocycles. The van der Waals surface area contributed by atoms with E-state index in [0.29, 0.717) is 5.71 Å². The molecule has 2 aliphatic rings. The van der Waals surface area contributed by atoms with E-state index >= 15 is 0 Å². The highest BCUT2D eigenvalue weighted by atomic mass is 16.1. The van der Waals surface area contributed by atoms with Crippen molar-refractivity contribution in [1.82, 2.24) is 0 Å². The van der Waals surface area contributed by atoms with Gasteiger partial charge in [0.05, 0.1) is 11.1 Å². The highest BCUT2D eigenvalue weighted by Gasteiger charge is 2.42. The summed E-state index contributed by atoms with van der Waals surface area (Å²) in [6, 6.07) is 0. The standard InChI is InChI=1S/C12H18N3O/c1-11(2)5-8(6-12(3,4)15-11)9-10(16)14-7-13-9/h8,15H,5-6H2,1-4H3/q-1/p+1. The number of nitrogens with two attached hydrogens (primary N) is 1. The third kappa shape index (κ3) is 2.21. The first-order valence-corrected chi connectivity index (χ1v) is 5.74. The van der Waals surface area contributed by atoms with Gasteiger partial charge in [0.15, 0.2) is 0 Å². The summed E-state index contributed by atoms with van der Waals surface area (Å²) in [5.41, 5.74) is 0.907. The number of hydrogen-bond donors (Lipinski definition) is 1. The monoisotopic (exact) mass is 221 g/mol. The van der Waals surface area contributed by atoms with Crippen molar-refractivity contribution in [1.29, 1.82) is 0 Å². The molecule has 0 unspecified atom stereocenters. The van der Waals surface area contributed by atoms with Crippen molar-refractivity contribution in [3.63, 3.8) is 0 Å². The van der Waals surface area contributed by atoms with Crippen LogP contribution in [-0.4, -0.2) is 29.0 Å². The lowest BCUT2D eigenvalue weighted by molar-refractivity contribution is -0.788. The van der Waals surface area contributed by atoms with Crippen LogP contribution in [0.15, 0.2) is 9.98 Å². The van der Waals surface area contributed by atoms with Crippen molar-refractivity contribution in [2.45, 2.75) is 51.6 Å². The molecule has 0 aromatic heterocycles. The summed E-state index contributed by atoms with van der Waals surface area (Å²) < 4.78 is 0. The second-order valence-electron chi connectivity index (χ2n) is 6.24. The summed E-state index contributed by atoms with van der Waals surface area (Å²) >= 11 is 0. The quantitative estimate of drug-likeness (QED) is 0.640. The molecule has 1 fully saturated rings. The van der Waals surface area contributed by atoms with E-state index in [1.807, 2.05) is 0 Å². The third-order valence-corrected chi connectivity index (χ3v) is 3.25. The minimum Gasteiger partial charge on any atom is -0.377 e. The Morgan fingerprint density at radius 1 is 1.25 bits per heavy atom. The van der Waals surface area contributed by atoms with Crippen LogP contribution in [0.3, 0.4) is 0 Å². The molecule has 0 aromatic rings. The van der Waals surface area contributed by atoms with Crippen LogP contribution in [0.2, 0.25) is 0 Å². The molecular formula is C12H19N3O. The van der Waals surface area contributed by atoms with Crippen molar-refractivity contribution >= 4 is 18.0 Å². The van der Waals surface area contributed by atoms with Gasteiger partial charge in [-0.15, -0.1) is 0 Å². The molecule has 16 heavy (non-hydrogen) atoms. The Hall–Kier alpha value is -1.03. The first-order valence-electron chi connectivity index (χ1n) is 5.74. The summed E-state index contributed by atoms with van der Waals surface area (Å²) in [5.74, 6) is 0.0275. The molecule has 0 bridgehead atoms. The zero-order valence-corrected chi connectivity index (χ0v) is 10.4. The van der Waals surface area contributed by atoms with Gasteiger partial charge in [0, 0.05) is 6.34 Å². The van der Waals surface area contributed by atoms with E-state index in [-0.39, 0.29) is 22.9 Å². The van der Waals surface area contributed by atoms with Gasteiger partial charge >= 0.3 is 0 Å². The molecule has 0 aromatic carbocycles.